The van der Waals surface area contributed by atoms with E-state index in [0.717, 1.165) is 6.42 Å². The average Bonchev–Trinajstić information content (AvgIpc) is 1.96. The fourth-order valence-corrected chi connectivity index (χ4v) is 0.700. The van der Waals surface area contributed by atoms with Crippen molar-refractivity contribution in [3.8, 4) is 0 Å². The number of unbranched alkanes of at least 4 members (excludes halogenated alkanes) is 1. The van der Waals surface area contributed by atoms with E-state index in [0.29, 0.717) is 6.42 Å². The highest BCUT2D eigenvalue weighted by molar-refractivity contribution is 5.66. The van der Waals surface area contributed by atoms with Gasteiger partial charge in [-0.1, -0.05) is 17.8 Å². The minimum absolute atomic E-state index is 0.103. The van der Waals surface area contributed by atoms with E-state index in [9.17, 15) is 9.28 Å². The van der Waals surface area contributed by atoms with Crippen LogP contribution >= 0.6 is 0 Å². The van der Waals surface area contributed by atoms with Crippen LogP contribution in [-0.2, 0) is 4.74 Å². The van der Waals surface area contributed by atoms with Crippen molar-refractivity contribution < 1.29 is 14.0 Å². The van der Waals surface area contributed by atoms with Crippen LogP contribution in [-0.4, -0.2) is 23.4 Å². The van der Waals surface area contributed by atoms with Gasteiger partial charge < -0.3 is 4.74 Å². The van der Waals surface area contributed by atoms with Crippen LogP contribution in [0.4, 0.5) is 9.28 Å². The zero-order valence-corrected chi connectivity index (χ0v) is 8.76. The summed E-state index contributed by atoms with van der Waals surface area (Å²) in [7, 11) is 0. The third-order valence-electron chi connectivity index (χ3n) is 1.30. The Labute approximate surface area is 78.8 Å². The molecule has 1 amide bonds. The highest BCUT2D eigenvalue weighted by Gasteiger charge is 2.21. The van der Waals surface area contributed by atoms with E-state index in [-0.39, 0.29) is 11.7 Å². The Morgan fingerprint density at radius 1 is 1.46 bits per heavy atom. The number of amides is 1. The van der Waals surface area contributed by atoms with Gasteiger partial charge in [0.25, 0.3) is 0 Å². The molecule has 0 aliphatic carbocycles. The summed E-state index contributed by atoms with van der Waals surface area (Å²) < 4.78 is 17.7. The largest absolute Gasteiger partial charge is 0.442 e. The summed E-state index contributed by atoms with van der Waals surface area (Å²) in [4.78, 5) is 11.0. The summed E-state index contributed by atoms with van der Waals surface area (Å²) in [6.07, 6.45) is 0.597. The molecule has 0 aromatic rings. The van der Waals surface area contributed by atoms with Gasteiger partial charge >= 0.3 is 6.09 Å². The second-order valence-corrected chi connectivity index (χ2v) is 3.92. The van der Waals surface area contributed by atoms with E-state index < -0.39 is 11.7 Å². The number of hydrogen-bond donors (Lipinski definition) is 0. The van der Waals surface area contributed by atoms with Crippen molar-refractivity contribution in [1.29, 1.82) is 0 Å². The lowest BCUT2D eigenvalue weighted by molar-refractivity contribution is -0.0310. The lowest BCUT2D eigenvalue weighted by Crippen LogP contribution is -2.32. The van der Waals surface area contributed by atoms with Crippen LogP contribution in [0.25, 0.3) is 0 Å². The molecule has 78 valence electrons. The summed E-state index contributed by atoms with van der Waals surface area (Å²) >= 11 is 0. The van der Waals surface area contributed by atoms with Gasteiger partial charge in [0.2, 0.25) is 0 Å². The first-order valence-corrected chi connectivity index (χ1v) is 4.53. The molecular weight excluding hydrogens is 173 g/mol. The van der Waals surface area contributed by atoms with E-state index in [1.165, 1.54) is 0 Å². The van der Waals surface area contributed by atoms with Gasteiger partial charge in [-0.05, 0) is 27.2 Å². The molecule has 0 aromatic heterocycles. The van der Waals surface area contributed by atoms with Crippen molar-refractivity contribution in [2.45, 2.75) is 46.1 Å². The molecule has 0 saturated heterocycles. The molecule has 0 aliphatic rings. The van der Waals surface area contributed by atoms with Gasteiger partial charge in [0.15, 0.2) is 0 Å². The molecule has 3 nitrogen and oxygen atoms in total. The first kappa shape index (κ1) is 12.2. The number of hydrogen-bond acceptors (Lipinski definition) is 2. The van der Waals surface area contributed by atoms with Gasteiger partial charge in [-0.15, -0.1) is 5.12 Å². The predicted octanol–water partition coefficient (Wildman–Crippen LogP) is 2.91. The van der Waals surface area contributed by atoms with Crippen LogP contribution in [0.2, 0.25) is 0 Å². The van der Waals surface area contributed by atoms with E-state index in [1.807, 2.05) is 6.92 Å². The van der Waals surface area contributed by atoms with E-state index in [4.69, 9.17) is 4.74 Å². The fourth-order valence-electron chi connectivity index (χ4n) is 0.700. The van der Waals surface area contributed by atoms with Crippen LogP contribution in [0.1, 0.15) is 40.5 Å². The van der Waals surface area contributed by atoms with Gasteiger partial charge in [0.1, 0.15) is 5.60 Å². The second kappa shape index (κ2) is 5.04. The quantitative estimate of drug-likeness (QED) is 0.642. The van der Waals surface area contributed by atoms with E-state index >= 15 is 0 Å². The molecule has 0 unspecified atom stereocenters. The smallest absolute Gasteiger partial charge is 0.438 e. The van der Waals surface area contributed by atoms with Crippen LogP contribution in [0.15, 0.2) is 0 Å². The Kier molecular flexibility index (Phi) is 4.73. The SMILES string of the molecule is CCCCN(F)C(=O)OC(C)(C)C. The Hall–Kier alpha value is -0.800. The molecule has 0 heterocycles. The Morgan fingerprint density at radius 3 is 2.38 bits per heavy atom. The third-order valence-corrected chi connectivity index (χ3v) is 1.30. The van der Waals surface area contributed by atoms with Gasteiger partial charge in [0, 0.05) is 0 Å². The molecule has 0 bridgehead atoms. The molecule has 0 fully saturated rings. The van der Waals surface area contributed by atoms with Gasteiger partial charge in [0.05, 0.1) is 6.54 Å². The minimum Gasteiger partial charge on any atom is -0.442 e. The first-order chi connectivity index (χ1) is 5.87. The lowest BCUT2D eigenvalue weighted by atomic mass is 10.2. The van der Waals surface area contributed by atoms with Crippen molar-refractivity contribution in [2.75, 3.05) is 6.54 Å². The van der Waals surface area contributed by atoms with Gasteiger partial charge in [-0.2, -0.15) is 0 Å². The Bertz CT molecular complexity index is 165. The van der Waals surface area contributed by atoms with Crippen molar-refractivity contribution in [3.63, 3.8) is 0 Å². The number of ether oxygens (including phenoxy) is 1. The molecule has 0 aliphatic heterocycles. The highest BCUT2D eigenvalue weighted by atomic mass is 19.2. The van der Waals surface area contributed by atoms with Gasteiger partial charge in [-0.25, -0.2) is 4.79 Å². The Morgan fingerprint density at radius 2 is 2.00 bits per heavy atom. The minimum atomic E-state index is -0.902. The van der Waals surface area contributed by atoms with Crippen LogP contribution in [0.5, 0.6) is 0 Å². The van der Waals surface area contributed by atoms with Crippen molar-refractivity contribution in [3.05, 3.63) is 0 Å². The number of carbonyl (C=O) groups is 1. The fraction of sp³-hybridized carbons (Fsp3) is 0.889. The molecule has 0 aromatic carbocycles. The summed E-state index contributed by atoms with van der Waals surface area (Å²) in [6.45, 7) is 7.16. The second-order valence-electron chi connectivity index (χ2n) is 3.92. The maximum absolute atomic E-state index is 12.9. The van der Waals surface area contributed by atoms with Crippen molar-refractivity contribution in [2.24, 2.45) is 0 Å². The van der Waals surface area contributed by atoms with E-state index in [2.05, 4.69) is 0 Å². The van der Waals surface area contributed by atoms with Crippen molar-refractivity contribution >= 4 is 6.09 Å². The number of rotatable bonds is 3. The number of carbonyl (C=O) groups excluding carboxylic acids is 1. The average molecular weight is 191 g/mol. The maximum Gasteiger partial charge on any atom is 0.438 e. The monoisotopic (exact) mass is 191 g/mol. The predicted molar refractivity (Wildman–Crippen MR) is 49.0 cm³/mol. The Balaban J connectivity index is 3.83. The maximum atomic E-state index is 12.9. The van der Waals surface area contributed by atoms with Crippen molar-refractivity contribution in [1.82, 2.24) is 5.12 Å². The third kappa shape index (κ3) is 6.37. The standard InChI is InChI=1S/C9H18FNO2/c1-5-6-7-11(10)8(12)13-9(2,3)4/h5-7H2,1-4H3. The molecular formula is C9H18FNO2. The molecule has 0 N–H and O–H groups in total. The normalized spacial score (nSPS) is 11.2. The summed E-state index contributed by atoms with van der Waals surface area (Å²) in [5.74, 6) is 0. The lowest BCUT2D eigenvalue weighted by Gasteiger charge is -2.21. The summed E-state index contributed by atoms with van der Waals surface area (Å²) in [5, 5.41) is 0.120. The highest BCUT2D eigenvalue weighted by Crippen LogP contribution is 2.10. The van der Waals surface area contributed by atoms with Crippen LogP contribution in [0, 0.1) is 0 Å². The van der Waals surface area contributed by atoms with Crippen LogP contribution in [0.3, 0.4) is 0 Å². The molecule has 0 radical (unpaired) electrons. The van der Waals surface area contributed by atoms with Gasteiger partial charge in [-0.3, -0.25) is 0 Å². The first-order valence-electron chi connectivity index (χ1n) is 4.53. The summed E-state index contributed by atoms with van der Waals surface area (Å²) in [6, 6.07) is 0. The topological polar surface area (TPSA) is 29.5 Å². The zero-order chi connectivity index (χ0) is 10.5. The molecule has 4 heteroatoms. The molecule has 13 heavy (non-hydrogen) atoms. The molecule has 0 spiro atoms. The van der Waals surface area contributed by atoms with E-state index in [1.54, 1.807) is 20.8 Å². The number of halogens is 1. The molecule has 0 atom stereocenters. The molecule has 0 saturated carbocycles. The van der Waals surface area contributed by atoms with Crippen LogP contribution < -0.4 is 0 Å². The number of nitrogens with zero attached hydrogens (tertiary/aromatic N) is 1. The zero-order valence-electron chi connectivity index (χ0n) is 8.76. The molecule has 0 rings (SSSR count). The summed E-state index contributed by atoms with van der Waals surface area (Å²) in [5.41, 5.74) is -0.631.